The second kappa shape index (κ2) is 3.89. The van der Waals surface area contributed by atoms with Gasteiger partial charge in [0.15, 0.2) is 5.75 Å². The first-order valence-electron chi connectivity index (χ1n) is 3.93. The lowest BCUT2D eigenvalue weighted by Crippen LogP contribution is -2.03. The van der Waals surface area contributed by atoms with E-state index in [0.29, 0.717) is 5.75 Å². The molecule has 0 aliphatic rings. The molecule has 70 valence electrons. The Hall–Kier alpha value is -1.58. The van der Waals surface area contributed by atoms with E-state index in [2.05, 4.69) is 5.10 Å². The molecule has 0 bridgehead atoms. The van der Waals surface area contributed by atoms with E-state index in [1.54, 1.807) is 17.9 Å². The van der Waals surface area contributed by atoms with Crippen molar-refractivity contribution in [3.05, 3.63) is 24.0 Å². The van der Waals surface area contributed by atoms with Gasteiger partial charge in [0, 0.05) is 13.1 Å². The fraction of sp³-hybridized carbons (Fsp3) is 0.333. The number of carbonyl (C=O) groups excluding carboxylic acids is 1. The number of carbonyl (C=O) groups is 1. The number of ether oxygens (including phenoxy) is 1. The summed E-state index contributed by atoms with van der Waals surface area (Å²) in [4.78, 5) is 11.1. The molecule has 0 atom stereocenters. The normalized spacial score (nSPS) is 9.46. The summed E-state index contributed by atoms with van der Waals surface area (Å²) >= 11 is 0. The van der Waals surface area contributed by atoms with Crippen LogP contribution in [0.4, 0.5) is 0 Å². The minimum atomic E-state index is -0.368. The van der Waals surface area contributed by atoms with Crippen molar-refractivity contribution in [3.8, 4) is 5.75 Å². The Morgan fingerprint density at radius 3 is 2.77 bits per heavy atom. The predicted molar refractivity (Wildman–Crippen MR) is 48.3 cm³/mol. The lowest BCUT2D eigenvalue weighted by Gasteiger charge is -1.95. The first-order valence-corrected chi connectivity index (χ1v) is 3.93. The van der Waals surface area contributed by atoms with Gasteiger partial charge < -0.3 is 4.74 Å². The fourth-order valence-corrected chi connectivity index (χ4v) is 0.833. The molecular formula is C9H12N2O2. The van der Waals surface area contributed by atoms with Gasteiger partial charge in [-0.15, -0.1) is 0 Å². The first-order chi connectivity index (χ1) is 6.08. The van der Waals surface area contributed by atoms with Gasteiger partial charge in [0.25, 0.3) is 0 Å². The Morgan fingerprint density at radius 1 is 1.62 bits per heavy atom. The van der Waals surface area contributed by atoms with Gasteiger partial charge in [0.05, 0.1) is 12.4 Å². The molecule has 0 N–H and O–H groups in total. The summed E-state index contributed by atoms with van der Waals surface area (Å²) < 4.78 is 6.52. The molecule has 4 nitrogen and oxygen atoms in total. The van der Waals surface area contributed by atoms with Gasteiger partial charge in [-0.3, -0.25) is 4.68 Å². The van der Waals surface area contributed by atoms with E-state index < -0.39 is 0 Å². The second-order valence-corrected chi connectivity index (χ2v) is 2.99. The molecule has 0 spiro atoms. The maximum Gasteiger partial charge on any atom is 0.336 e. The van der Waals surface area contributed by atoms with Gasteiger partial charge in [-0.25, -0.2) is 4.79 Å². The first kappa shape index (κ1) is 9.51. The van der Waals surface area contributed by atoms with Crippen molar-refractivity contribution >= 4 is 5.97 Å². The molecule has 1 heterocycles. The lowest BCUT2D eigenvalue weighted by molar-refractivity contribution is -0.129. The number of rotatable bonds is 2. The largest absolute Gasteiger partial charge is 0.420 e. The third kappa shape index (κ3) is 3.11. The molecule has 1 rings (SSSR count). The number of nitrogens with zero attached hydrogens (tertiary/aromatic N) is 2. The number of esters is 1. The van der Waals surface area contributed by atoms with Crippen LogP contribution < -0.4 is 4.74 Å². The van der Waals surface area contributed by atoms with E-state index in [1.807, 2.05) is 13.8 Å². The molecule has 4 heteroatoms. The Morgan fingerprint density at radius 2 is 2.31 bits per heavy atom. The number of hydrogen-bond acceptors (Lipinski definition) is 3. The minimum Gasteiger partial charge on any atom is -0.420 e. The molecule has 0 saturated heterocycles. The Bertz CT molecular complexity index is 335. The summed E-state index contributed by atoms with van der Waals surface area (Å²) in [6.07, 6.45) is 4.57. The van der Waals surface area contributed by atoms with Crippen LogP contribution in [-0.2, 0) is 11.8 Å². The van der Waals surface area contributed by atoms with E-state index in [0.717, 1.165) is 5.57 Å². The molecule has 0 aromatic carbocycles. The van der Waals surface area contributed by atoms with Crippen LogP contribution >= 0.6 is 0 Å². The maximum absolute atomic E-state index is 11.1. The minimum absolute atomic E-state index is 0.368. The third-order valence-corrected chi connectivity index (χ3v) is 1.31. The highest BCUT2D eigenvalue weighted by Crippen LogP contribution is 2.07. The Kier molecular flexibility index (Phi) is 2.84. The van der Waals surface area contributed by atoms with Gasteiger partial charge in [-0.1, -0.05) is 5.57 Å². The summed E-state index contributed by atoms with van der Waals surface area (Å²) in [7, 11) is 1.76. The summed E-state index contributed by atoms with van der Waals surface area (Å²) in [6.45, 7) is 3.68. The topological polar surface area (TPSA) is 44.1 Å². The highest BCUT2D eigenvalue weighted by Gasteiger charge is 2.02. The average molecular weight is 180 g/mol. The molecule has 1 aromatic rings. The van der Waals surface area contributed by atoms with Crippen molar-refractivity contribution in [2.24, 2.45) is 7.05 Å². The Balaban J connectivity index is 2.60. The van der Waals surface area contributed by atoms with Gasteiger partial charge in [-0.05, 0) is 13.8 Å². The third-order valence-electron chi connectivity index (χ3n) is 1.31. The quantitative estimate of drug-likeness (QED) is 0.509. The molecule has 0 saturated carbocycles. The smallest absolute Gasteiger partial charge is 0.336 e. The van der Waals surface area contributed by atoms with Crippen molar-refractivity contribution in [2.75, 3.05) is 0 Å². The van der Waals surface area contributed by atoms with Crippen LogP contribution in [0.1, 0.15) is 13.8 Å². The molecule has 0 fully saturated rings. The summed E-state index contributed by atoms with van der Waals surface area (Å²) in [5, 5.41) is 3.87. The number of allylic oxidation sites excluding steroid dienone is 1. The van der Waals surface area contributed by atoms with E-state index in [4.69, 9.17) is 4.74 Å². The fourth-order valence-electron chi connectivity index (χ4n) is 0.833. The summed E-state index contributed by atoms with van der Waals surface area (Å²) in [6, 6.07) is 0. The van der Waals surface area contributed by atoms with Gasteiger partial charge >= 0.3 is 5.97 Å². The zero-order valence-corrected chi connectivity index (χ0v) is 7.94. The standard InChI is InChI=1S/C9H12N2O2/c1-7(2)4-9(12)13-8-5-10-11(3)6-8/h4-6H,1-3H3. The highest BCUT2D eigenvalue weighted by molar-refractivity contribution is 5.84. The number of aromatic nitrogens is 2. The molecule has 13 heavy (non-hydrogen) atoms. The van der Waals surface area contributed by atoms with Crippen molar-refractivity contribution in [1.29, 1.82) is 0 Å². The van der Waals surface area contributed by atoms with E-state index in [1.165, 1.54) is 12.3 Å². The highest BCUT2D eigenvalue weighted by atomic mass is 16.5. The van der Waals surface area contributed by atoms with E-state index in [9.17, 15) is 4.79 Å². The van der Waals surface area contributed by atoms with Gasteiger partial charge in [0.2, 0.25) is 0 Å². The Labute approximate surface area is 76.8 Å². The van der Waals surface area contributed by atoms with Crippen molar-refractivity contribution in [1.82, 2.24) is 9.78 Å². The van der Waals surface area contributed by atoms with Crippen LogP contribution in [0.15, 0.2) is 24.0 Å². The molecule has 0 aliphatic heterocycles. The van der Waals surface area contributed by atoms with Crippen LogP contribution in [0.2, 0.25) is 0 Å². The van der Waals surface area contributed by atoms with Gasteiger partial charge in [0.1, 0.15) is 0 Å². The molecular weight excluding hydrogens is 168 g/mol. The van der Waals surface area contributed by atoms with Crippen LogP contribution in [0, 0.1) is 0 Å². The van der Waals surface area contributed by atoms with Crippen LogP contribution in [0.25, 0.3) is 0 Å². The van der Waals surface area contributed by atoms with Crippen molar-refractivity contribution in [3.63, 3.8) is 0 Å². The molecule has 0 amide bonds. The van der Waals surface area contributed by atoms with Crippen molar-refractivity contribution in [2.45, 2.75) is 13.8 Å². The average Bonchev–Trinajstić information content (AvgIpc) is 2.33. The van der Waals surface area contributed by atoms with Crippen molar-refractivity contribution < 1.29 is 9.53 Å². The number of aryl methyl sites for hydroxylation is 1. The van der Waals surface area contributed by atoms with Crippen LogP contribution in [0.3, 0.4) is 0 Å². The van der Waals surface area contributed by atoms with Crippen LogP contribution in [-0.4, -0.2) is 15.7 Å². The SMILES string of the molecule is CC(C)=CC(=O)Oc1cnn(C)c1. The predicted octanol–water partition coefficient (Wildman–Crippen LogP) is 1.29. The van der Waals surface area contributed by atoms with Gasteiger partial charge in [-0.2, -0.15) is 5.10 Å². The summed E-state index contributed by atoms with van der Waals surface area (Å²) in [5.41, 5.74) is 0.911. The van der Waals surface area contributed by atoms with E-state index in [-0.39, 0.29) is 5.97 Å². The molecule has 0 unspecified atom stereocenters. The number of hydrogen-bond donors (Lipinski definition) is 0. The van der Waals surface area contributed by atoms with E-state index >= 15 is 0 Å². The maximum atomic E-state index is 11.1. The summed E-state index contributed by atoms with van der Waals surface area (Å²) in [5.74, 6) is 0.0954. The molecule has 0 aliphatic carbocycles. The monoisotopic (exact) mass is 180 g/mol. The molecule has 1 aromatic heterocycles. The zero-order chi connectivity index (χ0) is 9.84. The lowest BCUT2D eigenvalue weighted by atomic mass is 10.3. The second-order valence-electron chi connectivity index (χ2n) is 2.99. The van der Waals surface area contributed by atoms with Crippen LogP contribution in [0.5, 0.6) is 5.75 Å². The molecule has 0 radical (unpaired) electrons. The zero-order valence-electron chi connectivity index (χ0n) is 7.94.